The van der Waals surface area contributed by atoms with E-state index in [0.29, 0.717) is 35.3 Å². The molecule has 0 bridgehead atoms. The van der Waals surface area contributed by atoms with Gasteiger partial charge in [0.25, 0.3) is 0 Å². The number of halogens is 1. The number of nitrogens with two attached hydrogens (primary N) is 1. The Kier molecular flexibility index (Phi) is 5.43. The van der Waals surface area contributed by atoms with Crippen molar-refractivity contribution < 1.29 is 9.53 Å². The Balaban J connectivity index is 1.92. The van der Waals surface area contributed by atoms with Gasteiger partial charge in [-0.1, -0.05) is 23.7 Å². The Morgan fingerprint density at radius 3 is 2.48 bits per heavy atom. The molecule has 0 saturated carbocycles. The summed E-state index contributed by atoms with van der Waals surface area (Å²) in [4.78, 5) is 11.9. The number of hydrogen-bond donors (Lipinski definition) is 3. The second-order valence-corrected chi connectivity index (χ2v) is 4.63. The van der Waals surface area contributed by atoms with Crippen LogP contribution in [-0.2, 0) is 0 Å². The van der Waals surface area contributed by atoms with Crippen LogP contribution >= 0.6 is 11.6 Å². The number of nitrogens with one attached hydrogen (secondary N) is 2. The molecule has 2 amide bonds. The fraction of sp³-hybridized carbons (Fsp3) is 0.133. The molecule has 110 valence electrons. The number of carbonyl (C=O) groups excluding carboxylic acids is 1. The molecule has 0 aliphatic heterocycles. The van der Waals surface area contributed by atoms with Gasteiger partial charge >= 0.3 is 6.03 Å². The van der Waals surface area contributed by atoms with Crippen LogP contribution in [0, 0.1) is 0 Å². The molecule has 0 heterocycles. The predicted molar refractivity (Wildman–Crippen MR) is 85.1 cm³/mol. The van der Waals surface area contributed by atoms with Crippen molar-refractivity contribution in [3.63, 3.8) is 0 Å². The standard InChI is InChI=1S/C15H16ClN3O2/c16-13-3-1-2-4-14(13)19-15(20)18-11-5-7-12(8-6-11)21-10-9-17/h1-8H,9-10,17H2,(H2,18,19,20). The minimum Gasteiger partial charge on any atom is -0.492 e. The summed E-state index contributed by atoms with van der Waals surface area (Å²) in [6.45, 7) is 0.917. The Morgan fingerprint density at radius 1 is 1.10 bits per heavy atom. The van der Waals surface area contributed by atoms with Crippen molar-refractivity contribution in [1.29, 1.82) is 0 Å². The van der Waals surface area contributed by atoms with E-state index in [1.54, 1.807) is 48.5 Å². The molecule has 0 saturated heterocycles. The number of ether oxygens (including phenoxy) is 1. The molecule has 0 aliphatic carbocycles. The highest BCUT2D eigenvalue weighted by molar-refractivity contribution is 6.33. The smallest absolute Gasteiger partial charge is 0.323 e. The van der Waals surface area contributed by atoms with E-state index in [-0.39, 0.29) is 6.03 Å². The lowest BCUT2D eigenvalue weighted by Crippen LogP contribution is -2.19. The first-order chi connectivity index (χ1) is 10.2. The van der Waals surface area contributed by atoms with Gasteiger partial charge in [-0.05, 0) is 36.4 Å². The minimum absolute atomic E-state index is 0.362. The normalized spacial score (nSPS) is 10.0. The Labute approximate surface area is 128 Å². The second-order valence-electron chi connectivity index (χ2n) is 4.22. The molecule has 0 atom stereocenters. The molecule has 6 heteroatoms. The fourth-order valence-corrected chi connectivity index (χ4v) is 1.84. The quantitative estimate of drug-likeness (QED) is 0.793. The van der Waals surface area contributed by atoms with Crippen molar-refractivity contribution in [2.24, 2.45) is 5.73 Å². The van der Waals surface area contributed by atoms with E-state index in [9.17, 15) is 4.79 Å². The zero-order chi connectivity index (χ0) is 15.1. The van der Waals surface area contributed by atoms with E-state index < -0.39 is 0 Å². The average Bonchev–Trinajstić information content (AvgIpc) is 2.49. The van der Waals surface area contributed by atoms with Gasteiger partial charge in [-0.3, -0.25) is 0 Å². The van der Waals surface area contributed by atoms with Crippen LogP contribution in [-0.4, -0.2) is 19.2 Å². The lowest BCUT2D eigenvalue weighted by molar-refractivity contribution is 0.262. The molecule has 4 N–H and O–H groups in total. The van der Waals surface area contributed by atoms with Crippen LogP contribution < -0.4 is 21.1 Å². The molecule has 0 radical (unpaired) electrons. The van der Waals surface area contributed by atoms with Crippen LogP contribution in [0.3, 0.4) is 0 Å². The maximum absolute atomic E-state index is 11.9. The van der Waals surface area contributed by atoms with E-state index >= 15 is 0 Å². The maximum atomic E-state index is 11.9. The molecule has 2 aromatic rings. The van der Waals surface area contributed by atoms with Crippen molar-refractivity contribution >= 4 is 29.0 Å². The van der Waals surface area contributed by atoms with Crippen LogP contribution in [0.5, 0.6) is 5.75 Å². The third-order valence-electron chi connectivity index (χ3n) is 2.62. The number of anilines is 2. The third-order valence-corrected chi connectivity index (χ3v) is 2.95. The van der Waals surface area contributed by atoms with Crippen molar-refractivity contribution in [3.8, 4) is 5.75 Å². The molecule has 0 aromatic heterocycles. The first-order valence-corrected chi connectivity index (χ1v) is 6.82. The number of amides is 2. The van der Waals surface area contributed by atoms with E-state index in [2.05, 4.69) is 10.6 Å². The minimum atomic E-state index is -0.362. The second kappa shape index (κ2) is 7.52. The summed E-state index contributed by atoms with van der Waals surface area (Å²) < 4.78 is 5.36. The Morgan fingerprint density at radius 2 is 1.81 bits per heavy atom. The molecular weight excluding hydrogens is 290 g/mol. The Hall–Kier alpha value is -2.24. The van der Waals surface area contributed by atoms with Crippen LogP contribution in [0.15, 0.2) is 48.5 Å². The summed E-state index contributed by atoms with van der Waals surface area (Å²) in [7, 11) is 0. The number of benzene rings is 2. The zero-order valence-corrected chi connectivity index (χ0v) is 12.1. The van der Waals surface area contributed by atoms with Gasteiger partial charge in [-0.15, -0.1) is 0 Å². The summed E-state index contributed by atoms with van der Waals surface area (Å²) in [6.07, 6.45) is 0. The largest absolute Gasteiger partial charge is 0.492 e. The van der Waals surface area contributed by atoms with Gasteiger partial charge in [-0.2, -0.15) is 0 Å². The number of hydrogen-bond acceptors (Lipinski definition) is 3. The highest BCUT2D eigenvalue weighted by Gasteiger charge is 2.05. The number of urea groups is 1. The first kappa shape index (κ1) is 15.2. The van der Waals surface area contributed by atoms with Crippen molar-refractivity contribution in [3.05, 3.63) is 53.6 Å². The van der Waals surface area contributed by atoms with Gasteiger partial charge < -0.3 is 21.1 Å². The lowest BCUT2D eigenvalue weighted by Gasteiger charge is -2.10. The Bertz CT molecular complexity index is 602. The van der Waals surface area contributed by atoms with E-state index in [0.717, 1.165) is 0 Å². The van der Waals surface area contributed by atoms with Gasteiger partial charge in [0.2, 0.25) is 0 Å². The van der Waals surface area contributed by atoms with Crippen LogP contribution in [0.25, 0.3) is 0 Å². The summed E-state index contributed by atoms with van der Waals surface area (Å²) >= 11 is 5.97. The molecule has 5 nitrogen and oxygen atoms in total. The van der Waals surface area contributed by atoms with Crippen LogP contribution in [0.2, 0.25) is 5.02 Å². The molecule has 0 aliphatic rings. The highest BCUT2D eigenvalue weighted by Crippen LogP contribution is 2.21. The van der Waals surface area contributed by atoms with Gasteiger partial charge in [0.1, 0.15) is 12.4 Å². The summed E-state index contributed by atoms with van der Waals surface area (Å²) in [5.74, 6) is 0.706. The van der Waals surface area contributed by atoms with Crippen molar-refractivity contribution in [2.45, 2.75) is 0 Å². The highest BCUT2D eigenvalue weighted by atomic mass is 35.5. The van der Waals surface area contributed by atoms with E-state index in [1.807, 2.05) is 0 Å². The first-order valence-electron chi connectivity index (χ1n) is 6.44. The van der Waals surface area contributed by atoms with Gasteiger partial charge in [-0.25, -0.2) is 4.79 Å². The monoisotopic (exact) mass is 305 g/mol. The molecule has 2 aromatic carbocycles. The van der Waals surface area contributed by atoms with Crippen molar-refractivity contribution in [1.82, 2.24) is 0 Å². The number of para-hydroxylation sites is 1. The van der Waals surface area contributed by atoms with Crippen LogP contribution in [0.1, 0.15) is 0 Å². The summed E-state index contributed by atoms with van der Waals surface area (Å²) in [6, 6.07) is 13.7. The molecule has 2 rings (SSSR count). The SMILES string of the molecule is NCCOc1ccc(NC(=O)Nc2ccccc2Cl)cc1. The molecule has 0 spiro atoms. The molecule has 21 heavy (non-hydrogen) atoms. The van der Waals surface area contributed by atoms with Crippen molar-refractivity contribution in [2.75, 3.05) is 23.8 Å². The number of carbonyl (C=O) groups is 1. The average molecular weight is 306 g/mol. The third kappa shape index (κ3) is 4.66. The molecular formula is C15H16ClN3O2. The maximum Gasteiger partial charge on any atom is 0.323 e. The van der Waals surface area contributed by atoms with E-state index in [1.165, 1.54) is 0 Å². The zero-order valence-electron chi connectivity index (χ0n) is 11.3. The number of rotatable bonds is 5. The summed E-state index contributed by atoms with van der Waals surface area (Å²) in [5, 5.41) is 5.87. The summed E-state index contributed by atoms with van der Waals surface area (Å²) in [5.41, 5.74) is 6.56. The fourth-order valence-electron chi connectivity index (χ4n) is 1.66. The lowest BCUT2D eigenvalue weighted by atomic mass is 10.3. The van der Waals surface area contributed by atoms with Gasteiger partial charge in [0.15, 0.2) is 0 Å². The van der Waals surface area contributed by atoms with Crippen LogP contribution in [0.4, 0.5) is 16.2 Å². The van der Waals surface area contributed by atoms with Gasteiger partial charge in [0, 0.05) is 12.2 Å². The molecule has 0 fully saturated rings. The van der Waals surface area contributed by atoms with Gasteiger partial charge in [0.05, 0.1) is 10.7 Å². The predicted octanol–water partition coefficient (Wildman–Crippen LogP) is 3.32. The topological polar surface area (TPSA) is 76.4 Å². The van der Waals surface area contributed by atoms with E-state index in [4.69, 9.17) is 22.1 Å². The molecule has 0 unspecified atom stereocenters.